The molecular formula is C7H9N2O+. The summed E-state index contributed by atoms with van der Waals surface area (Å²) in [4.78, 5) is 3.93. The molecule has 1 aliphatic rings. The molecular weight excluding hydrogens is 128 g/mol. The Morgan fingerprint density at radius 1 is 1.20 bits per heavy atom. The highest BCUT2D eigenvalue weighted by atomic mass is 16.4. The molecule has 0 saturated heterocycles. The maximum absolute atomic E-state index is 6.75. The van der Waals surface area contributed by atoms with E-state index in [9.17, 15) is 0 Å². The number of nitrogens with zero attached hydrogens (tertiary/aromatic N) is 2. The van der Waals surface area contributed by atoms with E-state index in [0.29, 0.717) is 5.71 Å². The molecule has 0 fully saturated rings. The van der Waals surface area contributed by atoms with Crippen LogP contribution in [0.5, 0.6) is 0 Å². The predicted molar refractivity (Wildman–Crippen MR) is 42.7 cm³/mol. The normalized spacial score (nSPS) is 24.5. The van der Waals surface area contributed by atoms with E-state index in [1.165, 1.54) is 0 Å². The van der Waals surface area contributed by atoms with Crippen LogP contribution in [-0.2, 0) is 0 Å². The van der Waals surface area contributed by atoms with E-state index >= 15 is 0 Å². The van der Waals surface area contributed by atoms with Gasteiger partial charge in [0, 0.05) is 7.05 Å². The van der Waals surface area contributed by atoms with Gasteiger partial charge in [-0.3, -0.25) is 4.99 Å². The summed E-state index contributed by atoms with van der Waals surface area (Å²) < 4.78 is 0. The Bertz CT molecular complexity index is 210. The molecule has 3 nitrogen and oxygen atoms in total. The third-order valence-electron chi connectivity index (χ3n) is 1.24. The molecule has 0 atom stereocenters. The van der Waals surface area contributed by atoms with Crippen molar-refractivity contribution in [1.29, 1.82) is 0 Å². The molecule has 0 aromatic rings. The van der Waals surface area contributed by atoms with Crippen molar-refractivity contribution in [3.05, 3.63) is 24.3 Å². The zero-order chi connectivity index (χ0) is 7.40. The van der Waals surface area contributed by atoms with E-state index in [1.54, 1.807) is 13.1 Å². The van der Waals surface area contributed by atoms with E-state index in [4.69, 9.17) is 5.21 Å². The fraction of sp³-hybridized carbons (Fsp3) is 0.143. The van der Waals surface area contributed by atoms with Gasteiger partial charge in [-0.25, -0.2) is 0 Å². The Kier molecular flexibility index (Phi) is 1.99. The standard InChI is InChI=1S/C7H8N2O/c1-8-6-4-2-3-5-7(6)9-10/h2-5,10H,1H3/p+1/b8-6?,9-7-. The molecule has 0 aliphatic heterocycles. The fourth-order valence-corrected chi connectivity index (χ4v) is 0.748. The van der Waals surface area contributed by atoms with Crippen molar-refractivity contribution in [3.8, 4) is 0 Å². The van der Waals surface area contributed by atoms with Gasteiger partial charge in [-0.15, -0.1) is 0 Å². The van der Waals surface area contributed by atoms with Gasteiger partial charge in [-0.2, -0.15) is 0 Å². The van der Waals surface area contributed by atoms with Crippen LogP contribution < -0.4 is 0 Å². The van der Waals surface area contributed by atoms with Crippen LogP contribution in [-0.4, -0.2) is 23.7 Å². The number of hydrogen-bond acceptors (Lipinski definition) is 2. The predicted octanol–water partition coefficient (Wildman–Crippen LogP) is 0.264. The molecule has 0 aromatic heterocycles. The van der Waals surface area contributed by atoms with Gasteiger partial charge in [-0.1, -0.05) is 12.2 Å². The van der Waals surface area contributed by atoms with Crippen molar-refractivity contribution >= 4 is 11.4 Å². The highest BCUT2D eigenvalue weighted by Gasteiger charge is 2.05. The largest absolute Gasteiger partial charge is 0.469 e. The van der Waals surface area contributed by atoms with Crippen LogP contribution in [0.2, 0.25) is 0 Å². The van der Waals surface area contributed by atoms with Gasteiger partial charge in [0.1, 0.15) is 0 Å². The monoisotopic (exact) mass is 137 g/mol. The lowest BCUT2D eigenvalue weighted by Gasteiger charge is -1.97. The zero-order valence-corrected chi connectivity index (χ0v) is 5.70. The van der Waals surface area contributed by atoms with Gasteiger partial charge in [-0.05, 0) is 12.2 Å². The second-order valence-electron chi connectivity index (χ2n) is 1.82. The molecule has 52 valence electrons. The van der Waals surface area contributed by atoms with Crippen LogP contribution in [0.3, 0.4) is 0 Å². The molecule has 1 rings (SSSR count). The minimum Gasteiger partial charge on any atom is -0.469 e. The third-order valence-corrected chi connectivity index (χ3v) is 1.24. The summed E-state index contributed by atoms with van der Waals surface area (Å²) in [6, 6.07) is 0. The first kappa shape index (κ1) is 6.74. The molecule has 0 radical (unpaired) electrons. The Hall–Kier alpha value is -1.38. The van der Waals surface area contributed by atoms with Crippen molar-refractivity contribution in [2.24, 2.45) is 10.1 Å². The van der Waals surface area contributed by atoms with E-state index in [2.05, 4.69) is 10.1 Å². The van der Waals surface area contributed by atoms with E-state index in [-0.39, 0.29) is 0 Å². The van der Waals surface area contributed by atoms with Crippen LogP contribution in [0.1, 0.15) is 0 Å². The highest BCUT2D eigenvalue weighted by molar-refractivity contribution is 6.50. The van der Waals surface area contributed by atoms with Gasteiger partial charge in [0.2, 0.25) is 0 Å². The van der Waals surface area contributed by atoms with Crippen molar-refractivity contribution in [2.75, 3.05) is 7.05 Å². The molecule has 10 heavy (non-hydrogen) atoms. The van der Waals surface area contributed by atoms with Gasteiger partial charge >= 0.3 is 0 Å². The highest BCUT2D eigenvalue weighted by Crippen LogP contribution is 1.96. The van der Waals surface area contributed by atoms with Gasteiger partial charge in [0.15, 0.2) is 5.71 Å². The summed E-state index contributed by atoms with van der Waals surface area (Å²) in [5.41, 5.74) is 1.38. The molecule has 1 aliphatic carbocycles. The van der Waals surface area contributed by atoms with Crippen LogP contribution in [0.4, 0.5) is 0 Å². The summed E-state index contributed by atoms with van der Waals surface area (Å²) >= 11 is 0. The number of rotatable bonds is 0. The van der Waals surface area contributed by atoms with Crippen LogP contribution in [0.25, 0.3) is 0 Å². The van der Waals surface area contributed by atoms with Gasteiger partial charge in [0.25, 0.3) is 0 Å². The first-order valence-electron chi connectivity index (χ1n) is 2.95. The maximum atomic E-state index is 6.75. The van der Waals surface area contributed by atoms with Crippen LogP contribution >= 0.6 is 0 Å². The molecule has 0 unspecified atom stereocenters. The lowest BCUT2D eigenvalue weighted by Crippen LogP contribution is -2.10. The second kappa shape index (κ2) is 2.96. The lowest BCUT2D eigenvalue weighted by atomic mass is 10.1. The third kappa shape index (κ3) is 1.13. The topological polar surface area (TPSA) is 47.6 Å². The smallest absolute Gasteiger partial charge is 0.178 e. The first-order valence-corrected chi connectivity index (χ1v) is 2.95. The van der Waals surface area contributed by atoms with E-state index in [1.807, 2.05) is 18.2 Å². The summed E-state index contributed by atoms with van der Waals surface area (Å²) in [6.07, 6.45) is 7.29. The Balaban J connectivity index is 2.96. The summed E-state index contributed by atoms with van der Waals surface area (Å²) in [5, 5.41) is 10.1. The van der Waals surface area contributed by atoms with Crippen LogP contribution in [0.15, 0.2) is 34.5 Å². The Morgan fingerprint density at radius 2 is 1.80 bits per heavy atom. The molecule has 0 aromatic carbocycles. The Labute approximate surface area is 59.1 Å². The molecule has 3 heteroatoms. The Morgan fingerprint density at radius 3 is 2.20 bits per heavy atom. The molecule has 0 spiro atoms. The minimum absolute atomic E-state index is 0.616. The van der Waals surface area contributed by atoms with Crippen molar-refractivity contribution in [1.82, 2.24) is 0 Å². The molecule has 2 N–H and O–H groups in total. The average Bonchev–Trinajstić information content (AvgIpc) is 2.04. The number of hydrogen-bond donors (Lipinski definition) is 0. The summed E-state index contributed by atoms with van der Waals surface area (Å²) in [6.45, 7) is 0. The molecule has 0 heterocycles. The van der Waals surface area contributed by atoms with Crippen LogP contribution in [0, 0.1) is 0 Å². The first-order chi connectivity index (χ1) is 4.88. The molecule has 0 amide bonds. The number of allylic oxidation sites excluding steroid dienone is 4. The number of aliphatic imine (C=N–C) groups is 1. The molecule has 0 bridgehead atoms. The van der Waals surface area contributed by atoms with Gasteiger partial charge in [0.05, 0.1) is 10.9 Å². The second-order valence-corrected chi connectivity index (χ2v) is 1.82. The van der Waals surface area contributed by atoms with Crippen molar-refractivity contribution in [3.63, 3.8) is 0 Å². The average molecular weight is 137 g/mol. The van der Waals surface area contributed by atoms with Gasteiger partial charge < -0.3 is 5.21 Å². The minimum atomic E-state index is 0.616. The summed E-state index contributed by atoms with van der Waals surface area (Å²) in [5.74, 6) is 0. The molecule has 0 saturated carbocycles. The van der Waals surface area contributed by atoms with Crippen molar-refractivity contribution < 1.29 is 5.21 Å². The van der Waals surface area contributed by atoms with E-state index in [0.717, 1.165) is 5.71 Å². The van der Waals surface area contributed by atoms with E-state index < -0.39 is 0 Å². The zero-order valence-electron chi connectivity index (χ0n) is 5.70. The maximum Gasteiger partial charge on any atom is 0.178 e. The fourth-order valence-electron chi connectivity index (χ4n) is 0.748. The summed E-state index contributed by atoms with van der Waals surface area (Å²) in [7, 11) is 1.68. The SMILES string of the molecule is CN=C1C=CC=C/C1=N/[OH2+]. The van der Waals surface area contributed by atoms with Crippen molar-refractivity contribution in [2.45, 2.75) is 0 Å². The quantitative estimate of drug-likeness (QED) is 0.261. The lowest BCUT2D eigenvalue weighted by molar-refractivity contribution is 0.320.